The molecule has 0 N–H and O–H groups in total. The van der Waals surface area contributed by atoms with Crippen LogP contribution in [0.3, 0.4) is 0 Å². The molecule has 3 nitrogen and oxygen atoms in total. The molecule has 0 radical (unpaired) electrons. The van der Waals surface area contributed by atoms with Crippen molar-refractivity contribution >= 4 is 6.29 Å². The smallest absolute Gasteiger partial charge is 0.165 e. The minimum Gasteiger partial charge on any atom is -0.493 e. The molecule has 0 amide bonds. The van der Waals surface area contributed by atoms with Gasteiger partial charge in [0.2, 0.25) is 0 Å². The standard InChI is InChI=1S/C18H24O3/c1-20-16-11-10-14(12-19)17(13-6-2-3-7-13)18(16)21-15-8-4-5-9-15/h10-13,15H,2-9H2,1H3. The highest BCUT2D eigenvalue weighted by Gasteiger charge is 2.28. The zero-order valence-electron chi connectivity index (χ0n) is 12.8. The van der Waals surface area contributed by atoms with E-state index in [1.165, 1.54) is 25.7 Å². The van der Waals surface area contributed by atoms with Crippen molar-refractivity contribution in [3.63, 3.8) is 0 Å². The zero-order valence-corrected chi connectivity index (χ0v) is 12.8. The van der Waals surface area contributed by atoms with Crippen molar-refractivity contribution in [2.24, 2.45) is 0 Å². The van der Waals surface area contributed by atoms with Crippen LogP contribution >= 0.6 is 0 Å². The van der Waals surface area contributed by atoms with Gasteiger partial charge in [0, 0.05) is 11.1 Å². The van der Waals surface area contributed by atoms with E-state index in [1.54, 1.807) is 7.11 Å². The van der Waals surface area contributed by atoms with Crippen LogP contribution in [0.5, 0.6) is 11.5 Å². The van der Waals surface area contributed by atoms with Crippen molar-refractivity contribution in [2.75, 3.05) is 7.11 Å². The molecule has 2 fully saturated rings. The highest BCUT2D eigenvalue weighted by molar-refractivity contribution is 5.80. The molecular formula is C18H24O3. The second-order valence-electron chi connectivity index (χ2n) is 6.22. The Morgan fingerprint density at radius 3 is 2.33 bits per heavy atom. The summed E-state index contributed by atoms with van der Waals surface area (Å²) in [4.78, 5) is 11.5. The van der Waals surface area contributed by atoms with Gasteiger partial charge in [-0.15, -0.1) is 0 Å². The van der Waals surface area contributed by atoms with E-state index in [1.807, 2.05) is 12.1 Å². The molecule has 2 aliphatic rings. The van der Waals surface area contributed by atoms with Crippen molar-refractivity contribution in [1.29, 1.82) is 0 Å². The average molecular weight is 288 g/mol. The van der Waals surface area contributed by atoms with Crippen molar-refractivity contribution in [3.05, 3.63) is 23.3 Å². The second kappa shape index (κ2) is 6.50. The van der Waals surface area contributed by atoms with E-state index in [0.717, 1.165) is 54.6 Å². The summed E-state index contributed by atoms with van der Waals surface area (Å²) in [6.45, 7) is 0. The van der Waals surface area contributed by atoms with Crippen LogP contribution in [0.2, 0.25) is 0 Å². The SMILES string of the molecule is COc1ccc(C=O)c(C2CCCC2)c1OC1CCCC1. The molecule has 0 atom stereocenters. The van der Waals surface area contributed by atoms with Crippen LogP contribution < -0.4 is 9.47 Å². The van der Waals surface area contributed by atoms with Gasteiger partial charge in [-0.1, -0.05) is 12.8 Å². The summed E-state index contributed by atoms with van der Waals surface area (Å²) in [6.07, 6.45) is 10.7. The minimum atomic E-state index is 0.279. The number of rotatable bonds is 5. The number of carbonyl (C=O) groups is 1. The molecule has 21 heavy (non-hydrogen) atoms. The van der Waals surface area contributed by atoms with Gasteiger partial charge < -0.3 is 9.47 Å². The van der Waals surface area contributed by atoms with Gasteiger partial charge in [0.15, 0.2) is 11.5 Å². The van der Waals surface area contributed by atoms with Gasteiger partial charge in [0.25, 0.3) is 0 Å². The fourth-order valence-electron chi connectivity index (χ4n) is 3.79. The first-order valence-electron chi connectivity index (χ1n) is 8.16. The van der Waals surface area contributed by atoms with Gasteiger partial charge in [-0.2, -0.15) is 0 Å². The number of benzene rings is 1. The average Bonchev–Trinajstić information content (AvgIpc) is 3.20. The number of ether oxygens (including phenoxy) is 2. The van der Waals surface area contributed by atoms with E-state index in [0.29, 0.717) is 5.92 Å². The lowest BCUT2D eigenvalue weighted by atomic mass is 9.92. The predicted molar refractivity (Wildman–Crippen MR) is 82.5 cm³/mol. The summed E-state index contributed by atoms with van der Waals surface area (Å²) in [6, 6.07) is 3.74. The molecule has 0 saturated heterocycles. The zero-order chi connectivity index (χ0) is 14.7. The first-order valence-corrected chi connectivity index (χ1v) is 8.16. The van der Waals surface area contributed by atoms with Gasteiger partial charge in [-0.05, 0) is 56.6 Å². The number of carbonyl (C=O) groups excluding carboxylic acids is 1. The number of hydrogen-bond donors (Lipinski definition) is 0. The van der Waals surface area contributed by atoms with Crippen molar-refractivity contribution in [1.82, 2.24) is 0 Å². The maximum Gasteiger partial charge on any atom is 0.165 e. The Kier molecular flexibility index (Phi) is 4.47. The monoisotopic (exact) mass is 288 g/mol. The maximum atomic E-state index is 11.5. The van der Waals surface area contributed by atoms with Crippen LogP contribution in [0.25, 0.3) is 0 Å². The third-order valence-corrected chi connectivity index (χ3v) is 4.89. The van der Waals surface area contributed by atoms with Crippen LogP contribution in [0.4, 0.5) is 0 Å². The highest BCUT2D eigenvalue weighted by atomic mass is 16.5. The molecule has 0 bridgehead atoms. The van der Waals surface area contributed by atoms with Crippen molar-refractivity contribution < 1.29 is 14.3 Å². The second-order valence-corrected chi connectivity index (χ2v) is 6.22. The first-order chi connectivity index (χ1) is 10.3. The van der Waals surface area contributed by atoms with E-state index in [-0.39, 0.29) is 6.10 Å². The highest BCUT2D eigenvalue weighted by Crippen LogP contribution is 2.45. The van der Waals surface area contributed by atoms with Gasteiger partial charge in [0.05, 0.1) is 13.2 Å². The molecule has 0 aliphatic heterocycles. The van der Waals surface area contributed by atoms with Gasteiger partial charge in [-0.3, -0.25) is 4.79 Å². The molecule has 2 saturated carbocycles. The summed E-state index contributed by atoms with van der Waals surface area (Å²) in [5.74, 6) is 2.05. The van der Waals surface area contributed by atoms with Crippen LogP contribution in [0.15, 0.2) is 12.1 Å². The van der Waals surface area contributed by atoms with Crippen LogP contribution in [0.1, 0.15) is 73.2 Å². The lowest BCUT2D eigenvalue weighted by Crippen LogP contribution is -2.15. The van der Waals surface area contributed by atoms with Crippen LogP contribution in [-0.4, -0.2) is 19.5 Å². The Bertz CT molecular complexity index is 497. The summed E-state index contributed by atoms with van der Waals surface area (Å²) in [5, 5.41) is 0. The van der Waals surface area contributed by atoms with E-state index in [9.17, 15) is 4.79 Å². The van der Waals surface area contributed by atoms with Crippen molar-refractivity contribution in [2.45, 2.75) is 63.4 Å². The molecule has 3 heteroatoms. The first kappa shape index (κ1) is 14.4. The molecule has 114 valence electrons. The lowest BCUT2D eigenvalue weighted by Gasteiger charge is -2.23. The summed E-state index contributed by atoms with van der Waals surface area (Å²) in [7, 11) is 1.68. The van der Waals surface area contributed by atoms with E-state index >= 15 is 0 Å². The third kappa shape index (κ3) is 2.92. The molecular weight excluding hydrogens is 264 g/mol. The lowest BCUT2D eigenvalue weighted by molar-refractivity contribution is 0.112. The Labute approximate surface area is 126 Å². The van der Waals surface area contributed by atoms with Gasteiger partial charge >= 0.3 is 0 Å². The number of aldehydes is 1. The summed E-state index contributed by atoms with van der Waals surface area (Å²) in [5.41, 5.74) is 1.87. The Hall–Kier alpha value is -1.51. The fourth-order valence-corrected chi connectivity index (χ4v) is 3.79. The quantitative estimate of drug-likeness (QED) is 0.749. The Morgan fingerprint density at radius 1 is 1.05 bits per heavy atom. The molecule has 0 unspecified atom stereocenters. The van der Waals surface area contributed by atoms with Gasteiger partial charge in [-0.25, -0.2) is 0 Å². The largest absolute Gasteiger partial charge is 0.493 e. The normalized spacial score (nSPS) is 19.9. The topological polar surface area (TPSA) is 35.5 Å². The molecule has 0 spiro atoms. The number of hydrogen-bond acceptors (Lipinski definition) is 3. The van der Waals surface area contributed by atoms with Gasteiger partial charge in [0.1, 0.15) is 6.29 Å². The maximum absolute atomic E-state index is 11.5. The molecule has 3 rings (SSSR count). The van der Waals surface area contributed by atoms with E-state index < -0.39 is 0 Å². The molecule has 1 aromatic carbocycles. The van der Waals surface area contributed by atoms with Crippen LogP contribution in [0, 0.1) is 0 Å². The molecule has 0 aromatic heterocycles. The van der Waals surface area contributed by atoms with E-state index in [2.05, 4.69) is 0 Å². The van der Waals surface area contributed by atoms with Crippen LogP contribution in [-0.2, 0) is 0 Å². The summed E-state index contributed by atoms with van der Waals surface area (Å²) >= 11 is 0. The molecule has 1 aromatic rings. The Balaban J connectivity index is 2.00. The van der Waals surface area contributed by atoms with Crippen molar-refractivity contribution in [3.8, 4) is 11.5 Å². The number of methoxy groups -OCH3 is 1. The Morgan fingerprint density at radius 2 is 1.71 bits per heavy atom. The minimum absolute atomic E-state index is 0.279. The molecule has 2 aliphatic carbocycles. The van der Waals surface area contributed by atoms with E-state index in [4.69, 9.17) is 9.47 Å². The summed E-state index contributed by atoms with van der Waals surface area (Å²) < 4.78 is 11.8. The fraction of sp³-hybridized carbons (Fsp3) is 0.611. The third-order valence-electron chi connectivity index (χ3n) is 4.89. The predicted octanol–water partition coefficient (Wildman–Crippen LogP) is 4.49. The molecule has 0 heterocycles.